The Bertz CT molecular complexity index is 1330. The number of aryl methyl sites for hydroxylation is 1. The number of benzene rings is 4. The van der Waals surface area contributed by atoms with Gasteiger partial charge in [0.2, 0.25) is 0 Å². The zero-order valence-corrected chi connectivity index (χ0v) is 17.5. The molecule has 0 bridgehead atoms. The first-order valence-electron chi connectivity index (χ1n) is 8.75. The molecule has 28 heavy (non-hydrogen) atoms. The third-order valence-corrected chi connectivity index (χ3v) is 6.42. The van der Waals surface area contributed by atoms with Gasteiger partial charge in [0.15, 0.2) is 0 Å². The first-order valence-corrected chi connectivity index (χ1v) is 10.4. The fourth-order valence-corrected chi connectivity index (χ4v) is 5.20. The molecular formula is C23H16BrNO2S. The van der Waals surface area contributed by atoms with Crippen molar-refractivity contribution in [2.24, 2.45) is 0 Å². The predicted molar refractivity (Wildman–Crippen MR) is 122 cm³/mol. The number of para-hydroxylation sites is 1. The molecule has 138 valence electrons. The molecule has 4 aromatic carbocycles. The molecule has 0 atom stereocenters. The Morgan fingerprint density at radius 2 is 1.43 bits per heavy atom. The summed E-state index contributed by atoms with van der Waals surface area (Å²) in [5.41, 5.74) is 0.884. The van der Waals surface area contributed by atoms with Gasteiger partial charge in [-0.2, -0.15) is 0 Å². The highest BCUT2D eigenvalue weighted by molar-refractivity contribution is 9.10. The SMILES string of the molecule is Brc1cc2sc3ccccc3c2c2ccccc12.Cc1ccccc1[N+](=O)[O-]. The van der Waals surface area contributed by atoms with Crippen LogP contribution in [0, 0.1) is 17.0 Å². The van der Waals surface area contributed by atoms with Gasteiger partial charge in [-0.15, -0.1) is 11.3 Å². The van der Waals surface area contributed by atoms with Crippen LogP contribution in [0.5, 0.6) is 0 Å². The summed E-state index contributed by atoms with van der Waals surface area (Å²) in [5.74, 6) is 0. The monoisotopic (exact) mass is 449 g/mol. The van der Waals surface area contributed by atoms with Crippen molar-refractivity contribution in [3.63, 3.8) is 0 Å². The molecule has 0 saturated carbocycles. The molecule has 0 radical (unpaired) electrons. The Balaban J connectivity index is 0.000000165. The molecular weight excluding hydrogens is 434 g/mol. The van der Waals surface area contributed by atoms with E-state index in [1.807, 2.05) is 11.3 Å². The van der Waals surface area contributed by atoms with Crippen LogP contribution in [0.2, 0.25) is 0 Å². The van der Waals surface area contributed by atoms with Crippen LogP contribution in [0.25, 0.3) is 30.9 Å². The Morgan fingerprint density at radius 3 is 2.11 bits per heavy atom. The molecule has 1 aromatic heterocycles. The number of hydrogen-bond donors (Lipinski definition) is 0. The van der Waals surface area contributed by atoms with Crippen molar-refractivity contribution >= 4 is 63.9 Å². The minimum absolute atomic E-state index is 0.183. The molecule has 0 N–H and O–H groups in total. The molecule has 0 saturated heterocycles. The maximum atomic E-state index is 10.2. The van der Waals surface area contributed by atoms with Gasteiger partial charge in [-0.25, -0.2) is 0 Å². The van der Waals surface area contributed by atoms with Crippen molar-refractivity contribution in [1.29, 1.82) is 0 Å². The number of hydrogen-bond acceptors (Lipinski definition) is 3. The molecule has 0 aliphatic heterocycles. The molecule has 3 nitrogen and oxygen atoms in total. The molecule has 5 heteroatoms. The van der Waals surface area contributed by atoms with E-state index in [1.165, 1.54) is 41.5 Å². The molecule has 0 unspecified atom stereocenters. The molecule has 0 aliphatic carbocycles. The lowest BCUT2D eigenvalue weighted by Crippen LogP contribution is -1.89. The van der Waals surface area contributed by atoms with Crippen LogP contribution in [0.1, 0.15) is 5.56 Å². The molecule has 0 aliphatic rings. The predicted octanol–water partition coefficient (Wildman–Crippen LogP) is 7.87. The number of halogens is 1. The van der Waals surface area contributed by atoms with E-state index in [2.05, 4.69) is 70.5 Å². The van der Waals surface area contributed by atoms with Gasteiger partial charge >= 0.3 is 0 Å². The second-order valence-corrected chi connectivity index (χ2v) is 8.36. The highest BCUT2D eigenvalue weighted by atomic mass is 79.9. The van der Waals surface area contributed by atoms with Crippen molar-refractivity contribution in [3.8, 4) is 0 Å². The molecule has 0 fully saturated rings. The summed E-state index contributed by atoms with van der Waals surface area (Å²) in [4.78, 5) is 9.85. The van der Waals surface area contributed by atoms with Crippen LogP contribution in [0.15, 0.2) is 83.3 Å². The van der Waals surface area contributed by atoms with E-state index >= 15 is 0 Å². The van der Waals surface area contributed by atoms with E-state index in [1.54, 1.807) is 25.1 Å². The quantitative estimate of drug-likeness (QED) is 0.193. The first-order chi connectivity index (χ1) is 13.6. The normalized spacial score (nSPS) is 10.8. The highest BCUT2D eigenvalue weighted by Crippen LogP contribution is 2.40. The summed E-state index contributed by atoms with van der Waals surface area (Å²) in [6.07, 6.45) is 0. The van der Waals surface area contributed by atoms with Crippen LogP contribution in [-0.4, -0.2) is 4.92 Å². The number of nitro benzene ring substituents is 1. The van der Waals surface area contributed by atoms with Gasteiger partial charge in [0.1, 0.15) is 0 Å². The minimum atomic E-state index is -0.380. The molecule has 0 spiro atoms. The fraction of sp³-hybridized carbons (Fsp3) is 0.0435. The standard InChI is InChI=1S/C16H9BrS.C7H7NO2/c17-13-9-15-16(11-6-2-1-5-10(11)13)12-7-3-4-8-14(12)18-15;1-6-4-2-3-5-7(6)8(9)10/h1-9H;2-5H,1H3. The number of nitrogens with zero attached hydrogens (tertiary/aromatic N) is 1. The van der Waals surface area contributed by atoms with Crippen LogP contribution in [0.3, 0.4) is 0 Å². The summed E-state index contributed by atoms with van der Waals surface area (Å²) in [6, 6.07) is 26.1. The third kappa shape index (κ3) is 3.39. The van der Waals surface area contributed by atoms with Gasteiger partial charge in [-0.05, 0) is 29.8 Å². The molecule has 5 aromatic rings. The van der Waals surface area contributed by atoms with Gasteiger partial charge in [0.25, 0.3) is 5.69 Å². The largest absolute Gasteiger partial charge is 0.272 e. The Hall–Kier alpha value is -2.76. The molecule has 1 heterocycles. The van der Waals surface area contributed by atoms with E-state index in [-0.39, 0.29) is 10.6 Å². The van der Waals surface area contributed by atoms with Crippen LogP contribution in [0.4, 0.5) is 5.69 Å². The van der Waals surface area contributed by atoms with Crippen molar-refractivity contribution in [1.82, 2.24) is 0 Å². The lowest BCUT2D eigenvalue weighted by atomic mass is 10.0. The fourth-order valence-electron chi connectivity index (χ4n) is 3.31. The van der Waals surface area contributed by atoms with Crippen molar-refractivity contribution in [2.45, 2.75) is 6.92 Å². The smallest absolute Gasteiger partial charge is 0.258 e. The van der Waals surface area contributed by atoms with Gasteiger partial charge in [0.05, 0.1) is 4.92 Å². The number of thiophene rings is 1. The van der Waals surface area contributed by atoms with Gasteiger partial charge < -0.3 is 0 Å². The van der Waals surface area contributed by atoms with Gasteiger partial charge in [0, 0.05) is 36.3 Å². The maximum Gasteiger partial charge on any atom is 0.272 e. The van der Waals surface area contributed by atoms with Crippen molar-refractivity contribution in [3.05, 3.63) is 99.0 Å². The van der Waals surface area contributed by atoms with E-state index in [0.29, 0.717) is 5.56 Å². The van der Waals surface area contributed by atoms with Gasteiger partial charge in [-0.3, -0.25) is 10.1 Å². The lowest BCUT2D eigenvalue weighted by molar-refractivity contribution is -0.385. The minimum Gasteiger partial charge on any atom is -0.258 e. The number of fused-ring (bicyclic) bond motifs is 5. The average Bonchev–Trinajstić information content (AvgIpc) is 3.07. The summed E-state index contributed by atoms with van der Waals surface area (Å²) in [5, 5.41) is 15.6. The second-order valence-electron chi connectivity index (χ2n) is 6.42. The molecule has 0 amide bonds. The second kappa shape index (κ2) is 7.70. The summed E-state index contributed by atoms with van der Waals surface area (Å²) in [7, 11) is 0. The van der Waals surface area contributed by atoms with Crippen molar-refractivity contribution in [2.75, 3.05) is 0 Å². The summed E-state index contributed by atoms with van der Waals surface area (Å²) < 4.78 is 3.88. The number of rotatable bonds is 1. The van der Waals surface area contributed by atoms with E-state index in [0.717, 1.165) is 0 Å². The zero-order valence-electron chi connectivity index (χ0n) is 15.1. The van der Waals surface area contributed by atoms with Crippen LogP contribution < -0.4 is 0 Å². The Morgan fingerprint density at radius 1 is 0.821 bits per heavy atom. The summed E-state index contributed by atoms with van der Waals surface area (Å²) in [6.45, 7) is 1.72. The first kappa shape index (κ1) is 18.6. The summed E-state index contributed by atoms with van der Waals surface area (Å²) >= 11 is 5.54. The average molecular weight is 450 g/mol. The Labute approximate surface area is 174 Å². The molecule has 5 rings (SSSR count). The highest BCUT2D eigenvalue weighted by Gasteiger charge is 2.10. The maximum absolute atomic E-state index is 10.2. The van der Waals surface area contributed by atoms with Gasteiger partial charge in [-0.1, -0.05) is 76.6 Å². The van der Waals surface area contributed by atoms with E-state index in [4.69, 9.17) is 0 Å². The zero-order chi connectivity index (χ0) is 19.7. The number of nitro groups is 1. The van der Waals surface area contributed by atoms with E-state index < -0.39 is 0 Å². The topological polar surface area (TPSA) is 43.1 Å². The lowest BCUT2D eigenvalue weighted by Gasteiger charge is -2.03. The van der Waals surface area contributed by atoms with E-state index in [9.17, 15) is 10.1 Å². The Kier molecular flexibility index (Phi) is 5.11. The third-order valence-electron chi connectivity index (χ3n) is 4.65. The van der Waals surface area contributed by atoms with Crippen molar-refractivity contribution < 1.29 is 4.92 Å². The van der Waals surface area contributed by atoms with Crippen LogP contribution in [-0.2, 0) is 0 Å². The van der Waals surface area contributed by atoms with Crippen LogP contribution >= 0.6 is 27.3 Å².